The molecule has 0 radical (unpaired) electrons. The Hall–Kier alpha value is -6.24. The lowest BCUT2D eigenvalue weighted by Crippen LogP contribution is -2.00. The molecule has 6 aromatic carbocycles. The smallest absolute Gasteiger partial charge is 0.164 e. The maximum atomic E-state index is 6.87. The van der Waals surface area contributed by atoms with E-state index in [1.807, 2.05) is 90.5 Å². The van der Waals surface area contributed by atoms with Crippen LogP contribution >= 0.6 is 11.3 Å². The van der Waals surface area contributed by atoms with Gasteiger partial charge in [0.2, 0.25) is 0 Å². The van der Waals surface area contributed by atoms with Gasteiger partial charge >= 0.3 is 0 Å². The molecule has 224 valence electrons. The number of hydrogen-bond donors (Lipinski definition) is 0. The van der Waals surface area contributed by atoms with Crippen molar-refractivity contribution < 1.29 is 4.42 Å². The fourth-order valence-corrected chi connectivity index (χ4v) is 7.98. The first kappa shape index (κ1) is 26.9. The maximum absolute atomic E-state index is 6.87. The minimum atomic E-state index is 0.594. The fraction of sp³-hybridized carbons (Fsp3) is 0. The molecular formula is C42H24N4OS. The summed E-state index contributed by atoms with van der Waals surface area (Å²) in [4.78, 5) is 19.5. The van der Waals surface area contributed by atoms with Crippen LogP contribution in [-0.4, -0.2) is 19.9 Å². The van der Waals surface area contributed by atoms with Crippen molar-refractivity contribution in [3.63, 3.8) is 0 Å². The van der Waals surface area contributed by atoms with Crippen molar-refractivity contribution >= 4 is 64.2 Å². The molecule has 0 fully saturated rings. The third-order valence-corrected chi connectivity index (χ3v) is 10.2. The molecule has 0 amide bonds. The summed E-state index contributed by atoms with van der Waals surface area (Å²) in [5, 5.41) is 6.61. The second-order valence-corrected chi connectivity index (χ2v) is 12.9. The highest BCUT2D eigenvalue weighted by atomic mass is 32.1. The lowest BCUT2D eigenvalue weighted by molar-refractivity contribution is 0.670. The second kappa shape index (κ2) is 10.7. The molecular weight excluding hydrogens is 609 g/mol. The number of furan rings is 1. The van der Waals surface area contributed by atoms with E-state index in [9.17, 15) is 0 Å². The zero-order chi connectivity index (χ0) is 31.6. The van der Waals surface area contributed by atoms with E-state index < -0.39 is 0 Å². The van der Waals surface area contributed by atoms with Gasteiger partial charge < -0.3 is 4.42 Å². The Morgan fingerprint density at radius 3 is 1.98 bits per heavy atom. The molecule has 4 aromatic heterocycles. The molecule has 0 unspecified atom stereocenters. The van der Waals surface area contributed by atoms with Crippen molar-refractivity contribution in [2.75, 3.05) is 0 Å². The van der Waals surface area contributed by atoms with Gasteiger partial charge in [-0.2, -0.15) is 0 Å². The van der Waals surface area contributed by atoms with Gasteiger partial charge in [-0.05, 0) is 41.8 Å². The largest absolute Gasteiger partial charge is 0.455 e. The first-order valence-corrected chi connectivity index (χ1v) is 16.6. The summed E-state index contributed by atoms with van der Waals surface area (Å²) in [6, 6.07) is 45.9. The number of benzene rings is 6. The Kier molecular flexibility index (Phi) is 5.98. The molecule has 0 N–H and O–H groups in total. The average molecular weight is 633 g/mol. The van der Waals surface area contributed by atoms with E-state index in [1.54, 1.807) is 0 Å². The van der Waals surface area contributed by atoms with Crippen LogP contribution < -0.4 is 0 Å². The van der Waals surface area contributed by atoms with Gasteiger partial charge in [-0.25, -0.2) is 15.0 Å². The lowest BCUT2D eigenvalue weighted by atomic mass is 9.96. The Labute approximate surface area is 278 Å². The van der Waals surface area contributed by atoms with Crippen LogP contribution in [0.25, 0.3) is 98.2 Å². The van der Waals surface area contributed by atoms with Crippen LogP contribution in [-0.2, 0) is 0 Å². The number of hydrogen-bond acceptors (Lipinski definition) is 6. The Morgan fingerprint density at radius 2 is 1.19 bits per heavy atom. The van der Waals surface area contributed by atoms with Crippen LogP contribution in [0.5, 0.6) is 0 Å². The van der Waals surface area contributed by atoms with Crippen LogP contribution in [0, 0.1) is 0 Å². The monoisotopic (exact) mass is 632 g/mol. The highest BCUT2D eigenvalue weighted by molar-refractivity contribution is 7.26. The van der Waals surface area contributed by atoms with Crippen molar-refractivity contribution in [2.45, 2.75) is 0 Å². The maximum Gasteiger partial charge on any atom is 0.164 e. The summed E-state index contributed by atoms with van der Waals surface area (Å²) in [7, 11) is 0. The molecule has 0 saturated carbocycles. The quantitative estimate of drug-likeness (QED) is 0.193. The van der Waals surface area contributed by atoms with E-state index in [2.05, 4.69) is 71.7 Å². The predicted molar refractivity (Wildman–Crippen MR) is 197 cm³/mol. The number of aromatic nitrogens is 4. The summed E-state index contributed by atoms with van der Waals surface area (Å²) in [5.74, 6) is 1.84. The number of pyridine rings is 1. The lowest BCUT2D eigenvalue weighted by Gasteiger charge is -2.11. The number of rotatable bonds is 4. The molecule has 5 nitrogen and oxygen atoms in total. The predicted octanol–water partition coefficient (Wildman–Crippen LogP) is 11.4. The molecule has 10 aromatic rings. The molecule has 0 bridgehead atoms. The van der Waals surface area contributed by atoms with Gasteiger partial charge in [0.1, 0.15) is 11.2 Å². The van der Waals surface area contributed by atoms with Crippen molar-refractivity contribution in [3.8, 4) is 45.3 Å². The van der Waals surface area contributed by atoms with Gasteiger partial charge in [-0.15, -0.1) is 11.3 Å². The minimum absolute atomic E-state index is 0.594. The van der Waals surface area contributed by atoms with Crippen LogP contribution in [0.3, 0.4) is 0 Å². The van der Waals surface area contributed by atoms with Gasteiger partial charge in [0.25, 0.3) is 0 Å². The SMILES string of the molecule is c1ccc(-c2nc(-c3ccccc3)nc(-c3ccc(-c4cccc5c4sc4ccccc45)c4oc5cc6cnccc6cc5c34)n2)cc1. The third kappa shape index (κ3) is 4.24. The van der Waals surface area contributed by atoms with Crippen molar-refractivity contribution in [2.24, 2.45) is 0 Å². The Bertz CT molecular complexity index is 2780. The molecule has 6 heteroatoms. The van der Waals surface area contributed by atoms with Crippen LogP contribution in [0.2, 0.25) is 0 Å². The Morgan fingerprint density at radius 1 is 0.500 bits per heavy atom. The number of thiophene rings is 1. The summed E-state index contributed by atoms with van der Waals surface area (Å²) in [5.41, 5.74) is 6.52. The van der Waals surface area contributed by atoms with Gasteiger partial charge in [-0.3, -0.25) is 4.98 Å². The van der Waals surface area contributed by atoms with E-state index in [0.717, 1.165) is 60.5 Å². The summed E-state index contributed by atoms with van der Waals surface area (Å²) >= 11 is 1.82. The van der Waals surface area contributed by atoms with E-state index >= 15 is 0 Å². The second-order valence-electron chi connectivity index (χ2n) is 11.9. The van der Waals surface area contributed by atoms with E-state index in [0.29, 0.717) is 17.5 Å². The van der Waals surface area contributed by atoms with E-state index in [1.165, 1.54) is 20.2 Å². The van der Waals surface area contributed by atoms with Gasteiger partial charge in [0.05, 0.1) is 0 Å². The summed E-state index contributed by atoms with van der Waals surface area (Å²) in [6.07, 6.45) is 3.71. The van der Waals surface area contributed by atoms with Crippen molar-refractivity contribution in [1.29, 1.82) is 0 Å². The number of nitrogens with zero attached hydrogens (tertiary/aromatic N) is 4. The molecule has 0 saturated heterocycles. The normalized spacial score (nSPS) is 11.8. The zero-order valence-electron chi connectivity index (χ0n) is 25.5. The highest BCUT2D eigenvalue weighted by Gasteiger charge is 2.22. The first-order valence-electron chi connectivity index (χ1n) is 15.8. The number of fused-ring (bicyclic) bond motifs is 7. The van der Waals surface area contributed by atoms with E-state index in [-0.39, 0.29) is 0 Å². The fourth-order valence-electron chi connectivity index (χ4n) is 6.75. The average Bonchev–Trinajstić information content (AvgIpc) is 3.73. The topological polar surface area (TPSA) is 64.7 Å². The molecule has 0 spiro atoms. The molecule has 0 aliphatic rings. The molecule has 0 aliphatic carbocycles. The van der Waals surface area contributed by atoms with Crippen LogP contribution in [0.4, 0.5) is 0 Å². The summed E-state index contributed by atoms with van der Waals surface area (Å²) < 4.78 is 9.37. The van der Waals surface area contributed by atoms with Crippen LogP contribution in [0.1, 0.15) is 0 Å². The zero-order valence-corrected chi connectivity index (χ0v) is 26.3. The minimum Gasteiger partial charge on any atom is -0.455 e. The van der Waals surface area contributed by atoms with Gasteiger partial charge in [0.15, 0.2) is 17.5 Å². The Balaban J connectivity index is 1.30. The van der Waals surface area contributed by atoms with Gasteiger partial charge in [-0.1, -0.05) is 97.1 Å². The van der Waals surface area contributed by atoms with Crippen LogP contribution in [0.15, 0.2) is 150 Å². The molecule has 0 atom stereocenters. The molecule has 48 heavy (non-hydrogen) atoms. The first-order chi connectivity index (χ1) is 23.8. The molecule has 4 heterocycles. The van der Waals surface area contributed by atoms with Gasteiger partial charge in [0, 0.05) is 76.5 Å². The van der Waals surface area contributed by atoms with Crippen molar-refractivity contribution in [3.05, 3.63) is 146 Å². The standard InChI is InChI=1S/C42H24N4OS/c1-3-10-25(11-4-1)40-44-41(26-12-5-2-6-13-26)46-42(45-40)33-19-18-30(32-16-9-15-31-29-14-7-8-17-36(29)48-39(31)32)38-37(33)34-22-27-20-21-43-24-28(27)23-35(34)47-38/h1-24H. The molecule has 10 rings (SSSR count). The molecule has 0 aliphatic heterocycles. The highest BCUT2D eigenvalue weighted by Crippen LogP contribution is 2.46. The van der Waals surface area contributed by atoms with E-state index in [4.69, 9.17) is 19.4 Å². The summed E-state index contributed by atoms with van der Waals surface area (Å²) in [6.45, 7) is 0. The van der Waals surface area contributed by atoms with Crippen molar-refractivity contribution in [1.82, 2.24) is 19.9 Å². The third-order valence-electron chi connectivity index (χ3n) is 9.01.